The number of carboxylic acids is 2. The molecule has 124 valence electrons. The smallest absolute Gasteiger partial charge is 0.317 e. The number of hydrogen-bond donors (Lipinski definition) is 3. The molecule has 0 aliphatic heterocycles. The minimum absolute atomic E-state index is 0.0594. The van der Waals surface area contributed by atoms with Crippen LogP contribution in [0.5, 0.6) is 0 Å². The van der Waals surface area contributed by atoms with Crippen molar-refractivity contribution in [1.29, 1.82) is 0 Å². The summed E-state index contributed by atoms with van der Waals surface area (Å²) in [6, 6.07) is 7.90. The van der Waals surface area contributed by atoms with E-state index in [-0.39, 0.29) is 17.7 Å². The van der Waals surface area contributed by atoms with Crippen molar-refractivity contribution in [3.8, 4) is 0 Å². The molecular weight excluding hydrogens is 318 g/mol. The number of aryl methyl sites for hydroxylation is 1. The summed E-state index contributed by atoms with van der Waals surface area (Å²) in [7, 11) is 0. The quantitative estimate of drug-likeness (QED) is 0.701. The number of aliphatic carboxylic acids is 2. The molecule has 1 aromatic rings. The molecule has 1 amide bonds. The maximum atomic E-state index is 12.1. The van der Waals surface area contributed by atoms with E-state index in [4.69, 9.17) is 10.2 Å². The highest BCUT2D eigenvalue weighted by Gasteiger charge is 2.25. The van der Waals surface area contributed by atoms with E-state index in [0.29, 0.717) is 0 Å². The fourth-order valence-corrected chi connectivity index (χ4v) is 3.53. The highest BCUT2D eigenvalue weighted by molar-refractivity contribution is 8.01. The molecule has 1 aromatic carbocycles. The maximum Gasteiger partial charge on any atom is 0.317 e. The number of amides is 1. The van der Waals surface area contributed by atoms with Crippen LogP contribution in [0.2, 0.25) is 0 Å². The average Bonchev–Trinajstić information content (AvgIpc) is 2.51. The lowest BCUT2D eigenvalue weighted by Crippen LogP contribution is -2.33. The SMILES string of the molecule is O=C(O)C[C@@H](SCC(=O)N[C@@H]1CCCc2ccccc21)C(=O)O. The second-order valence-electron chi connectivity index (χ2n) is 5.45. The van der Waals surface area contributed by atoms with Crippen LogP contribution in [-0.2, 0) is 20.8 Å². The van der Waals surface area contributed by atoms with E-state index < -0.39 is 23.6 Å². The molecular formula is C16H19NO5S. The third-order valence-electron chi connectivity index (χ3n) is 3.76. The molecule has 6 nitrogen and oxygen atoms in total. The van der Waals surface area contributed by atoms with Crippen molar-refractivity contribution < 1.29 is 24.6 Å². The van der Waals surface area contributed by atoms with Gasteiger partial charge in [0.2, 0.25) is 5.91 Å². The molecule has 0 heterocycles. The maximum absolute atomic E-state index is 12.1. The van der Waals surface area contributed by atoms with Crippen molar-refractivity contribution in [3.05, 3.63) is 35.4 Å². The summed E-state index contributed by atoms with van der Waals surface area (Å²) in [4.78, 5) is 33.7. The Kier molecular flexibility index (Phi) is 6.04. The highest BCUT2D eigenvalue weighted by Crippen LogP contribution is 2.29. The third kappa shape index (κ3) is 4.99. The lowest BCUT2D eigenvalue weighted by molar-refractivity contribution is -0.142. The monoisotopic (exact) mass is 337 g/mol. The van der Waals surface area contributed by atoms with Crippen LogP contribution in [0.15, 0.2) is 24.3 Å². The standard InChI is InChI=1S/C16H19NO5S/c18-14(9-23-13(16(21)22)8-15(19)20)17-12-7-3-5-10-4-1-2-6-11(10)12/h1-2,4,6,12-13H,3,5,7-9H2,(H,17,18)(H,19,20)(H,21,22)/t12-,13-/m1/s1. The van der Waals surface area contributed by atoms with Gasteiger partial charge in [-0.3, -0.25) is 14.4 Å². The number of thioether (sulfide) groups is 1. The van der Waals surface area contributed by atoms with E-state index in [1.165, 1.54) is 5.56 Å². The van der Waals surface area contributed by atoms with Crippen LogP contribution in [0.3, 0.4) is 0 Å². The summed E-state index contributed by atoms with van der Waals surface area (Å²) in [5.74, 6) is -2.74. The van der Waals surface area contributed by atoms with Crippen LogP contribution in [-0.4, -0.2) is 39.1 Å². The van der Waals surface area contributed by atoms with Gasteiger partial charge in [0.05, 0.1) is 18.2 Å². The molecule has 0 spiro atoms. The van der Waals surface area contributed by atoms with E-state index in [0.717, 1.165) is 36.6 Å². The van der Waals surface area contributed by atoms with Crippen molar-refractivity contribution in [2.75, 3.05) is 5.75 Å². The zero-order valence-corrected chi connectivity index (χ0v) is 13.3. The van der Waals surface area contributed by atoms with Crippen LogP contribution in [0.1, 0.15) is 36.4 Å². The number of rotatable bonds is 7. The molecule has 0 unspecified atom stereocenters. The first-order valence-corrected chi connectivity index (χ1v) is 8.45. The first-order chi connectivity index (χ1) is 11.0. The Labute approximate surface area is 138 Å². The molecule has 2 rings (SSSR count). The predicted octanol–water partition coefficient (Wildman–Crippen LogP) is 1.84. The van der Waals surface area contributed by atoms with Gasteiger partial charge in [-0.25, -0.2) is 0 Å². The summed E-state index contributed by atoms with van der Waals surface area (Å²) in [5, 5.41) is 19.5. The zero-order valence-electron chi connectivity index (χ0n) is 12.5. The Morgan fingerprint density at radius 2 is 2.00 bits per heavy atom. The molecule has 1 aliphatic rings. The Morgan fingerprint density at radius 3 is 2.70 bits per heavy atom. The number of fused-ring (bicyclic) bond motifs is 1. The zero-order chi connectivity index (χ0) is 16.8. The molecule has 0 bridgehead atoms. The molecule has 0 saturated heterocycles. The van der Waals surface area contributed by atoms with Crippen molar-refractivity contribution in [2.45, 2.75) is 37.0 Å². The van der Waals surface area contributed by atoms with Gasteiger partial charge in [-0.15, -0.1) is 11.8 Å². The highest BCUT2D eigenvalue weighted by atomic mass is 32.2. The Balaban J connectivity index is 1.90. The second kappa shape index (κ2) is 8.01. The van der Waals surface area contributed by atoms with Gasteiger partial charge in [0, 0.05) is 0 Å². The molecule has 0 aromatic heterocycles. The molecule has 23 heavy (non-hydrogen) atoms. The molecule has 0 fully saturated rings. The molecule has 2 atom stereocenters. The third-order valence-corrected chi connectivity index (χ3v) is 4.96. The Morgan fingerprint density at radius 1 is 1.26 bits per heavy atom. The van der Waals surface area contributed by atoms with Crippen molar-refractivity contribution in [2.24, 2.45) is 0 Å². The molecule has 0 radical (unpaired) electrons. The van der Waals surface area contributed by atoms with Gasteiger partial charge >= 0.3 is 11.9 Å². The van der Waals surface area contributed by atoms with Crippen molar-refractivity contribution >= 4 is 29.6 Å². The first-order valence-electron chi connectivity index (χ1n) is 7.40. The minimum Gasteiger partial charge on any atom is -0.481 e. The summed E-state index contributed by atoms with van der Waals surface area (Å²) in [5.41, 5.74) is 2.34. The van der Waals surface area contributed by atoms with Gasteiger partial charge in [0.15, 0.2) is 0 Å². The number of carbonyl (C=O) groups is 3. The number of nitrogens with one attached hydrogen (secondary N) is 1. The Hall–Kier alpha value is -2.02. The Bertz CT molecular complexity index is 604. The average molecular weight is 337 g/mol. The van der Waals surface area contributed by atoms with E-state index >= 15 is 0 Å². The molecule has 1 aliphatic carbocycles. The van der Waals surface area contributed by atoms with Crippen LogP contribution < -0.4 is 5.32 Å². The predicted molar refractivity (Wildman–Crippen MR) is 86.4 cm³/mol. The van der Waals surface area contributed by atoms with E-state index in [2.05, 4.69) is 11.4 Å². The van der Waals surface area contributed by atoms with Gasteiger partial charge in [-0.2, -0.15) is 0 Å². The van der Waals surface area contributed by atoms with Crippen LogP contribution in [0, 0.1) is 0 Å². The lowest BCUT2D eigenvalue weighted by atomic mass is 9.88. The van der Waals surface area contributed by atoms with Crippen LogP contribution in [0.25, 0.3) is 0 Å². The fourth-order valence-electron chi connectivity index (χ4n) is 2.69. The minimum atomic E-state index is -1.21. The largest absolute Gasteiger partial charge is 0.481 e. The van der Waals surface area contributed by atoms with Gasteiger partial charge < -0.3 is 15.5 Å². The first kappa shape index (κ1) is 17.3. The number of carboxylic acid groups (broad SMARTS) is 2. The summed E-state index contributed by atoms with van der Waals surface area (Å²) in [6.07, 6.45) is 2.34. The molecule has 3 N–H and O–H groups in total. The summed E-state index contributed by atoms with van der Waals surface area (Å²) >= 11 is 0.844. The molecule has 0 saturated carbocycles. The van der Waals surface area contributed by atoms with Gasteiger partial charge in [-0.1, -0.05) is 24.3 Å². The van der Waals surface area contributed by atoms with Gasteiger partial charge in [-0.05, 0) is 30.4 Å². The normalized spacial score (nSPS) is 17.8. The summed E-state index contributed by atoms with van der Waals surface area (Å²) < 4.78 is 0. The lowest BCUT2D eigenvalue weighted by Gasteiger charge is -2.26. The second-order valence-corrected chi connectivity index (χ2v) is 6.64. The van der Waals surface area contributed by atoms with Crippen molar-refractivity contribution in [3.63, 3.8) is 0 Å². The van der Waals surface area contributed by atoms with E-state index in [9.17, 15) is 14.4 Å². The number of carbonyl (C=O) groups excluding carboxylic acids is 1. The topological polar surface area (TPSA) is 104 Å². The van der Waals surface area contributed by atoms with Crippen LogP contribution >= 0.6 is 11.8 Å². The van der Waals surface area contributed by atoms with Gasteiger partial charge in [0.1, 0.15) is 5.25 Å². The van der Waals surface area contributed by atoms with E-state index in [1.54, 1.807) is 0 Å². The van der Waals surface area contributed by atoms with Crippen LogP contribution in [0.4, 0.5) is 0 Å². The van der Waals surface area contributed by atoms with Gasteiger partial charge in [0.25, 0.3) is 0 Å². The van der Waals surface area contributed by atoms with E-state index in [1.807, 2.05) is 18.2 Å². The summed E-state index contributed by atoms with van der Waals surface area (Å²) in [6.45, 7) is 0. The molecule has 7 heteroatoms. The number of hydrogen-bond acceptors (Lipinski definition) is 4. The fraction of sp³-hybridized carbons (Fsp3) is 0.438. The van der Waals surface area contributed by atoms with Crippen molar-refractivity contribution in [1.82, 2.24) is 5.32 Å². The number of benzene rings is 1.